The molecule has 2 aliphatic rings. The number of rotatable bonds is 3. The molecule has 1 aromatic rings. The lowest BCUT2D eigenvalue weighted by atomic mass is 10.2. The molecule has 3 rings (SSSR count). The van der Waals surface area contributed by atoms with Crippen LogP contribution in [0.25, 0.3) is 6.08 Å². The Labute approximate surface area is 140 Å². The highest BCUT2D eigenvalue weighted by Gasteiger charge is 2.35. The number of nitrogens with zero attached hydrogens (tertiary/aromatic N) is 3. The molecule has 5 nitrogen and oxygen atoms in total. The van der Waals surface area contributed by atoms with Crippen molar-refractivity contribution in [1.82, 2.24) is 14.8 Å². The third kappa shape index (κ3) is 3.93. The fourth-order valence-electron chi connectivity index (χ4n) is 3.02. The summed E-state index contributed by atoms with van der Waals surface area (Å²) in [5.41, 5.74) is 0.885. The maximum absolute atomic E-state index is 12.7. The van der Waals surface area contributed by atoms with Crippen molar-refractivity contribution in [2.45, 2.75) is 18.9 Å². The van der Waals surface area contributed by atoms with Crippen molar-refractivity contribution >= 4 is 29.7 Å². The quantitative estimate of drug-likeness (QED) is 0.791. The molecule has 3 heterocycles. The van der Waals surface area contributed by atoms with Gasteiger partial charge < -0.3 is 9.80 Å². The van der Waals surface area contributed by atoms with E-state index in [2.05, 4.69) is 4.98 Å². The molecular formula is C17H21N3O2S. The van der Waals surface area contributed by atoms with Crippen LogP contribution in [-0.4, -0.2) is 63.8 Å². The fraction of sp³-hybridized carbons (Fsp3) is 0.471. The Balaban J connectivity index is 1.64. The van der Waals surface area contributed by atoms with Gasteiger partial charge in [-0.05, 0) is 30.5 Å². The number of aromatic nitrogens is 1. The van der Waals surface area contributed by atoms with Gasteiger partial charge in [0.1, 0.15) is 6.04 Å². The number of hydrogen-bond acceptors (Lipinski definition) is 4. The topological polar surface area (TPSA) is 53.5 Å². The monoisotopic (exact) mass is 331 g/mol. The first-order valence-electron chi connectivity index (χ1n) is 8.01. The zero-order valence-corrected chi connectivity index (χ0v) is 13.9. The minimum absolute atomic E-state index is 0.0870. The van der Waals surface area contributed by atoms with Gasteiger partial charge in [-0.15, -0.1) is 0 Å². The molecule has 1 atom stereocenters. The van der Waals surface area contributed by atoms with Crippen molar-refractivity contribution in [2.75, 3.05) is 31.1 Å². The number of thioether (sulfide) groups is 1. The number of carbonyl (C=O) groups excluding carboxylic acids is 2. The molecule has 0 saturated carbocycles. The van der Waals surface area contributed by atoms with Gasteiger partial charge in [-0.2, -0.15) is 11.8 Å². The van der Waals surface area contributed by atoms with Crippen LogP contribution in [0.4, 0.5) is 0 Å². The van der Waals surface area contributed by atoms with Crippen molar-refractivity contribution in [2.24, 2.45) is 0 Å². The molecule has 2 amide bonds. The Morgan fingerprint density at radius 2 is 2.09 bits per heavy atom. The lowest BCUT2D eigenvalue weighted by Gasteiger charge is -2.32. The van der Waals surface area contributed by atoms with E-state index in [1.807, 2.05) is 28.8 Å². The van der Waals surface area contributed by atoms with Gasteiger partial charge in [0.05, 0.1) is 0 Å². The van der Waals surface area contributed by atoms with Crippen molar-refractivity contribution in [1.29, 1.82) is 0 Å². The van der Waals surface area contributed by atoms with Crippen molar-refractivity contribution in [3.8, 4) is 0 Å². The van der Waals surface area contributed by atoms with Crippen LogP contribution in [0.1, 0.15) is 18.4 Å². The fourth-order valence-corrected chi connectivity index (χ4v) is 3.92. The second-order valence-electron chi connectivity index (χ2n) is 5.75. The lowest BCUT2D eigenvalue weighted by molar-refractivity contribution is -0.141. The van der Waals surface area contributed by atoms with Crippen molar-refractivity contribution in [3.63, 3.8) is 0 Å². The molecule has 0 bridgehead atoms. The zero-order chi connectivity index (χ0) is 16.1. The lowest BCUT2D eigenvalue weighted by Crippen LogP contribution is -2.49. The highest BCUT2D eigenvalue weighted by Crippen LogP contribution is 2.22. The van der Waals surface area contributed by atoms with Gasteiger partial charge in [0, 0.05) is 49.6 Å². The zero-order valence-electron chi connectivity index (χ0n) is 13.1. The van der Waals surface area contributed by atoms with Crippen LogP contribution in [-0.2, 0) is 9.59 Å². The minimum Gasteiger partial charge on any atom is -0.339 e. The summed E-state index contributed by atoms with van der Waals surface area (Å²) >= 11 is 1.88. The predicted octanol–water partition coefficient (Wildman–Crippen LogP) is 1.66. The summed E-state index contributed by atoms with van der Waals surface area (Å²) in [4.78, 5) is 32.8. The van der Waals surface area contributed by atoms with Crippen LogP contribution in [0, 0.1) is 0 Å². The number of likely N-dealkylation sites (tertiary alicyclic amines) is 1. The summed E-state index contributed by atoms with van der Waals surface area (Å²) < 4.78 is 0. The van der Waals surface area contributed by atoms with E-state index < -0.39 is 0 Å². The number of hydrogen-bond donors (Lipinski definition) is 0. The summed E-state index contributed by atoms with van der Waals surface area (Å²) in [6.45, 7) is 2.26. The molecule has 2 fully saturated rings. The molecule has 2 aliphatic heterocycles. The first-order valence-corrected chi connectivity index (χ1v) is 9.16. The summed E-state index contributed by atoms with van der Waals surface area (Å²) in [7, 11) is 0. The molecule has 0 unspecified atom stereocenters. The molecule has 0 N–H and O–H groups in total. The smallest absolute Gasteiger partial charge is 0.247 e. The van der Waals surface area contributed by atoms with Gasteiger partial charge in [-0.3, -0.25) is 14.6 Å². The molecular weight excluding hydrogens is 310 g/mol. The maximum atomic E-state index is 12.7. The van der Waals surface area contributed by atoms with Crippen LogP contribution in [0.2, 0.25) is 0 Å². The van der Waals surface area contributed by atoms with Crippen LogP contribution >= 0.6 is 11.8 Å². The number of amides is 2. The summed E-state index contributed by atoms with van der Waals surface area (Å²) in [5, 5.41) is 0. The number of carbonyl (C=O) groups is 2. The van der Waals surface area contributed by atoms with E-state index >= 15 is 0 Å². The first kappa shape index (κ1) is 16.1. The van der Waals surface area contributed by atoms with Gasteiger partial charge in [0.25, 0.3) is 0 Å². The molecule has 0 radical (unpaired) electrons. The van der Waals surface area contributed by atoms with Gasteiger partial charge in [0.15, 0.2) is 0 Å². The molecule has 0 spiro atoms. The van der Waals surface area contributed by atoms with Crippen LogP contribution in [0.3, 0.4) is 0 Å². The Bertz CT molecular complexity index is 585. The highest BCUT2D eigenvalue weighted by molar-refractivity contribution is 7.99. The standard InChI is InChI=1S/C17H21N3O2S/c21-16(6-5-14-3-1-7-18-13-14)20-8-2-4-15(20)17(22)19-9-11-23-12-10-19/h1,3,5-7,13,15H,2,4,8-12H2/b6-5+/t15-/m0/s1. The second kappa shape index (κ2) is 7.64. The molecule has 6 heteroatoms. The van der Waals surface area contributed by atoms with E-state index in [4.69, 9.17) is 0 Å². The Morgan fingerprint density at radius 1 is 1.26 bits per heavy atom. The van der Waals surface area contributed by atoms with E-state index in [9.17, 15) is 9.59 Å². The average Bonchev–Trinajstić information content (AvgIpc) is 3.10. The molecule has 1 aromatic heterocycles. The van der Waals surface area contributed by atoms with Gasteiger partial charge in [0.2, 0.25) is 11.8 Å². The van der Waals surface area contributed by atoms with Gasteiger partial charge in [-0.25, -0.2) is 0 Å². The normalized spacial score (nSPS) is 21.8. The molecule has 0 aromatic carbocycles. The summed E-state index contributed by atoms with van der Waals surface area (Å²) in [6, 6.07) is 3.44. The molecule has 122 valence electrons. The SMILES string of the molecule is O=C([C@@H]1CCCN1C(=O)/C=C/c1cccnc1)N1CCSCC1. The number of pyridine rings is 1. The minimum atomic E-state index is -0.288. The molecule has 23 heavy (non-hydrogen) atoms. The average molecular weight is 331 g/mol. The Hall–Kier alpha value is -1.82. The first-order chi connectivity index (χ1) is 11.3. The predicted molar refractivity (Wildman–Crippen MR) is 91.9 cm³/mol. The summed E-state index contributed by atoms with van der Waals surface area (Å²) in [6.07, 6.45) is 8.38. The van der Waals surface area contributed by atoms with Gasteiger partial charge >= 0.3 is 0 Å². The third-order valence-corrected chi connectivity index (χ3v) is 5.19. The third-order valence-electron chi connectivity index (χ3n) is 4.25. The van der Waals surface area contributed by atoms with Crippen LogP contribution in [0.5, 0.6) is 0 Å². The van der Waals surface area contributed by atoms with E-state index in [0.717, 1.165) is 43.0 Å². The van der Waals surface area contributed by atoms with E-state index in [-0.39, 0.29) is 17.9 Å². The van der Waals surface area contributed by atoms with E-state index in [1.54, 1.807) is 29.4 Å². The van der Waals surface area contributed by atoms with E-state index in [1.165, 1.54) is 0 Å². The molecule has 0 aliphatic carbocycles. The summed E-state index contributed by atoms with van der Waals surface area (Å²) in [5.74, 6) is 2.02. The largest absolute Gasteiger partial charge is 0.339 e. The Morgan fingerprint density at radius 3 is 2.83 bits per heavy atom. The van der Waals surface area contributed by atoms with Crippen LogP contribution in [0.15, 0.2) is 30.6 Å². The maximum Gasteiger partial charge on any atom is 0.247 e. The van der Waals surface area contributed by atoms with E-state index in [0.29, 0.717) is 6.54 Å². The van der Waals surface area contributed by atoms with Crippen molar-refractivity contribution in [3.05, 3.63) is 36.2 Å². The van der Waals surface area contributed by atoms with Crippen LogP contribution < -0.4 is 0 Å². The highest BCUT2D eigenvalue weighted by atomic mass is 32.2. The van der Waals surface area contributed by atoms with Gasteiger partial charge in [-0.1, -0.05) is 6.07 Å². The Kier molecular flexibility index (Phi) is 5.33. The molecule has 2 saturated heterocycles. The second-order valence-corrected chi connectivity index (χ2v) is 6.97. The van der Waals surface area contributed by atoms with Crippen molar-refractivity contribution < 1.29 is 9.59 Å².